The van der Waals surface area contributed by atoms with Crippen LogP contribution in [0.15, 0.2) is 24.3 Å². The Morgan fingerprint density at radius 3 is 2.87 bits per heavy atom. The Morgan fingerprint density at radius 2 is 2.17 bits per heavy atom. The maximum absolute atomic E-state index is 13.2. The van der Waals surface area contributed by atoms with Crippen molar-refractivity contribution >= 4 is 16.9 Å². The van der Waals surface area contributed by atoms with Gasteiger partial charge in [0.2, 0.25) is 11.7 Å². The van der Waals surface area contributed by atoms with Crippen LogP contribution in [0.25, 0.3) is 11.0 Å². The van der Waals surface area contributed by atoms with Crippen LogP contribution in [0.4, 0.5) is 13.2 Å². The third-order valence-corrected chi connectivity index (χ3v) is 3.87. The van der Waals surface area contributed by atoms with E-state index < -0.39 is 24.5 Å². The average Bonchev–Trinajstić information content (AvgIpc) is 2.87. The van der Waals surface area contributed by atoms with Crippen molar-refractivity contribution < 1.29 is 18.0 Å². The molecule has 1 atom stereocenters. The van der Waals surface area contributed by atoms with E-state index in [2.05, 4.69) is 15.6 Å². The van der Waals surface area contributed by atoms with Crippen LogP contribution in [-0.2, 0) is 17.5 Å². The Kier molecular flexibility index (Phi) is 4.25. The minimum atomic E-state index is -4.61. The number of hydrogen-bond donors (Lipinski definition) is 2. The van der Waals surface area contributed by atoms with E-state index in [1.165, 1.54) is 12.1 Å². The van der Waals surface area contributed by atoms with Crippen LogP contribution in [0.5, 0.6) is 0 Å². The van der Waals surface area contributed by atoms with Gasteiger partial charge >= 0.3 is 6.18 Å². The molecule has 0 radical (unpaired) electrons. The fourth-order valence-electron chi connectivity index (χ4n) is 2.84. The number of halogens is 3. The number of piperidine rings is 1. The van der Waals surface area contributed by atoms with Crippen LogP contribution < -0.4 is 10.6 Å². The quantitative estimate of drug-likeness (QED) is 0.906. The molecule has 1 aromatic heterocycles. The molecule has 2 heterocycles. The molecule has 23 heavy (non-hydrogen) atoms. The van der Waals surface area contributed by atoms with Gasteiger partial charge in [0, 0.05) is 12.6 Å². The van der Waals surface area contributed by atoms with Gasteiger partial charge in [-0.1, -0.05) is 12.1 Å². The highest BCUT2D eigenvalue weighted by molar-refractivity contribution is 5.81. The molecule has 2 aromatic rings. The molecule has 2 N–H and O–H groups in total. The molecule has 0 bridgehead atoms. The Morgan fingerprint density at radius 1 is 1.39 bits per heavy atom. The Labute approximate surface area is 130 Å². The van der Waals surface area contributed by atoms with Gasteiger partial charge in [-0.05, 0) is 31.5 Å². The molecule has 1 fully saturated rings. The van der Waals surface area contributed by atoms with Crippen molar-refractivity contribution in [2.24, 2.45) is 0 Å². The summed E-state index contributed by atoms with van der Waals surface area (Å²) < 4.78 is 40.4. The van der Waals surface area contributed by atoms with E-state index in [0.29, 0.717) is 12.1 Å². The van der Waals surface area contributed by atoms with Crippen LogP contribution in [-0.4, -0.2) is 34.6 Å². The van der Waals surface area contributed by atoms with E-state index in [1.807, 2.05) is 0 Å². The lowest BCUT2D eigenvalue weighted by atomic mass is 10.1. The number of para-hydroxylation sites is 2. The first kappa shape index (κ1) is 15.8. The summed E-state index contributed by atoms with van der Waals surface area (Å²) in [4.78, 5) is 15.8. The number of aromatic nitrogens is 2. The lowest BCUT2D eigenvalue weighted by Crippen LogP contribution is -2.46. The van der Waals surface area contributed by atoms with E-state index in [4.69, 9.17) is 0 Å². The number of carbonyl (C=O) groups is 1. The van der Waals surface area contributed by atoms with Crippen molar-refractivity contribution in [2.75, 3.05) is 13.1 Å². The van der Waals surface area contributed by atoms with Crippen LogP contribution in [0.3, 0.4) is 0 Å². The van der Waals surface area contributed by atoms with Gasteiger partial charge in [-0.2, -0.15) is 13.2 Å². The first-order valence-corrected chi connectivity index (χ1v) is 7.47. The zero-order chi connectivity index (χ0) is 16.4. The Bertz CT molecular complexity index is 704. The number of nitrogens with one attached hydrogen (secondary N) is 2. The Balaban J connectivity index is 1.84. The molecule has 3 rings (SSSR count). The number of rotatable bonds is 3. The summed E-state index contributed by atoms with van der Waals surface area (Å²) >= 11 is 0. The second kappa shape index (κ2) is 6.19. The molecule has 1 aromatic carbocycles. The first-order chi connectivity index (χ1) is 10.9. The van der Waals surface area contributed by atoms with Crippen LogP contribution in [0.2, 0.25) is 0 Å². The molecule has 1 aliphatic rings. The van der Waals surface area contributed by atoms with Gasteiger partial charge in [0.1, 0.15) is 6.54 Å². The SMILES string of the molecule is O=C(Cn1c(C(F)(F)F)nc2ccccc21)N[C@H]1CCCNC1. The molecule has 8 heteroatoms. The van der Waals surface area contributed by atoms with Crippen molar-refractivity contribution in [1.82, 2.24) is 20.2 Å². The van der Waals surface area contributed by atoms with E-state index in [0.717, 1.165) is 24.0 Å². The van der Waals surface area contributed by atoms with Crippen molar-refractivity contribution in [3.63, 3.8) is 0 Å². The van der Waals surface area contributed by atoms with Gasteiger partial charge in [-0.25, -0.2) is 4.98 Å². The molecule has 5 nitrogen and oxygen atoms in total. The summed E-state index contributed by atoms with van der Waals surface area (Å²) in [6.45, 7) is 1.14. The first-order valence-electron chi connectivity index (χ1n) is 7.47. The lowest BCUT2D eigenvalue weighted by Gasteiger charge is -2.24. The van der Waals surface area contributed by atoms with Crippen molar-refractivity contribution in [3.05, 3.63) is 30.1 Å². The second-order valence-electron chi connectivity index (χ2n) is 5.62. The number of amides is 1. The summed E-state index contributed by atoms with van der Waals surface area (Å²) in [7, 11) is 0. The third kappa shape index (κ3) is 3.47. The number of imidazole rings is 1. The summed E-state index contributed by atoms with van der Waals surface area (Å²) in [5, 5.41) is 5.93. The van der Waals surface area contributed by atoms with Crippen molar-refractivity contribution in [1.29, 1.82) is 0 Å². The molecule has 1 aliphatic heterocycles. The molecule has 0 unspecified atom stereocenters. The number of benzene rings is 1. The summed E-state index contributed by atoms with van der Waals surface area (Å²) in [5.74, 6) is -1.48. The smallest absolute Gasteiger partial charge is 0.351 e. The number of nitrogens with zero attached hydrogens (tertiary/aromatic N) is 2. The molecular formula is C15H17F3N4O. The van der Waals surface area contributed by atoms with Gasteiger partial charge in [-0.3, -0.25) is 4.79 Å². The van der Waals surface area contributed by atoms with E-state index in [-0.39, 0.29) is 11.6 Å². The summed E-state index contributed by atoms with van der Waals surface area (Å²) in [6.07, 6.45) is -2.84. The Hall–Kier alpha value is -2.09. The monoisotopic (exact) mass is 326 g/mol. The van der Waals surface area contributed by atoms with Crippen LogP contribution in [0.1, 0.15) is 18.7 Å². The van der Waals surface area contributed by atoms with Crippen molar-refractivity contribution in [3.8, 4) is 0 Å². The predicted molar refractivity (Wildman–Crippen MR) is 78.8 cm³/mol. The molecular weight excluding hydrogens is 309 g/mol. The normalized spacial score (nSPS) is 19.0. The number of carbonyl (C=O) groups excluding carboxylic acids is 1. The largest absolute Gasteiger partial charge is 0.449 e. The van der Waals surface area contributed by atoms with Crippen molar-refractivity contribution in [2.45, 2.75) is 31.6 Å². The highest BCUT2D eigenvalue weighted by Gasteiger charge is 2.38. The average molecular weight is 326 g/mol. The predicted octanol–water partition coefficient (Wildman–Crippen LogP) is 1.92. The maximum Gasteiger partial charge on any atom is 0.449 e. The number of fused-ring (bicyclic) bond motifs is 1. The van der Waals surface area contributed by atoms with Gasteiger partial charge in [0.05, 0.1) is 11.0 Å². The van der Waals surface area contributed by atoms with Gasteiger partial charge in [0.25, 0.3) is 0 Å². The molecule has 0 aliphatic carbocycles. The fourth-order valence-corrected chi connectivity index (χ4v) is 2.84. The maximum atomic E-state index is 13.2. The standard InChI is InChI=1S/C15H17F3N4O/c16-15(17,18)14-21-11-5-1-2-6-12(11)22(14)9-13(23)20-10-4-3-7-19-8-10/h1-2,5-6,10,19H,3-4,7-9H2,(H,20,23)/t10-/m0/s1. The third-order valence-electron chi connectivity index (χ3n) is 3.87. The molecule has 1 amide bonds. The molecule has 0 spiro atoms. The summed E-state index contributed by atoms with van der Waals surface area (Å²) in [6, 6.07) is 6.24. The van der Waals surface area contributed by atoms with Crippen LogP contribution >= 0.6 is 0 Å². The zero-order valence-electron chi connectivity index (χ0n) is 12.4. The molecule has 124 valence electrons. The minimum Gasteiger partial charge on any atom is -0.351 e. The zero-order valence-corrected chi connectivity index (χ0v) is 12.4. The lowest BCUT2D eigenvalue weighted by molar-refractivity contribution is -0.147. The number of hydrogen-bond acceptors (Lipinski definition) is 3. The van der Waals surface area contributed by atoms with E-state index in [9.17, 15) is 18.0 Å². The number of alkyl halides is 3. The highest BCUT2D eigenvalue weighted by Crippen LogP contribution is 2.31. The van der Waals surface area contributed by atoms with Gasteiger partial charge in [-0.15, -0.1) is 0 Å². The van der Waals surface area contributed by atoms with E-state index in [1.54, 1.807) is 12.1 Å². The van der Waals surface area contributed by atoms with Gasteiger partial charge in [0.15, 0.2) is 0 Å². The fraction of sp³-hybridized carbons (Fsp3) is 0.467. The topological polar surface area (TPSA) is 59.0 Å². The van der Waals surface area contributed by atoms with E-state index >= 15 is 0 Å². The second-order valence-corrected chi connectivity index (χ2v) is 5.62. The molecule has 0 saturated carbocycles. The van der Waals surface area contributed by atoms with Gasteiger partial charge < -0.3 is 15.2 Å². The summed E-state index contributed by atoms with van der Waals surface area (Å²) in [5.41, 5.74) is 0.531. The van der Waals surface area contributed by atoms with Crippen LogP contribution in [0, 0.1) is 0 Å². The highest BCUT2D eigenvalue weighted by atomic mass is 19.4. The minimum absolute atomic E-state index is 0.0413. The molecule has 1 saturated heterocycles.